The van der Waals surface area contributed by atoms with E-state index in [0.717, 1.165) is 18.3 Å². The summed E-state index contributed by atoms with van der Waals surface area (Å²) in [4.78, 5) is 3.73. The molecular weight excluding hydrogens is 385 g/mol. The van der Waals surface area contributed by atoms with Crippen LogP contribution in [0, 0.1) is 0 Å². The second-order valence-electron chi connectivity index (χ2n) is 5.91. The zero-order chi connectivity index (χ0) is 19.5. The molecule has 10 heteroatoms. The molecule has 0 radical (unpaired) electrons. The van der Waals surface area contributed by atoms with Gasteiger partial charge in [0.1, 0.15) is 18.5 Å². The van der Waals surface area contributed by atoms with Crippen LogP contribution in [0.4, 0.5) is 13.2 Å². The van der Waals surface area contributed by atoms with Gasteiger partial charge in [-0.3, -0.25) is 0 Å². The molecule has 146 valence electrons. The summed E-state index contributed by atoms with van der Waals surface area (Å²) in [5.41, 5.74) is -0.866. The largest absolute Gasteiger partial charge is 0.492 e. The van der Waals surface area contributed by atoms with Gasteiger partial charge in [0, 0.05) is 12.3 Å². The van der Waals surface area contributed by atoms with Gasteiger partial charge < -0.3 is 9.47 Å². The van der Waals surface area contributed by atoms with Crippen LogP contribution in [-0.2, 0) is 16.2 Å². The third-order valence-corrected chi connectivity index (χ3v) is 5.68. The van der Waals surface area contributed by atoms with Gasteiger partial charge in [0.05, 0.1) is 24.4 Å². The van der Waals surface area contributed by atoms with Crippen LogP contribution < -0.4 is 9.47 Å². The Hall–Kier alpha value is -2.33. The van der Waals surface area contributed by atoms with Crippen molar-refractivity contribution in [3.8, 4) is 11.6 Å². The predicted molar refractivity (Wildman–Crippen MR) is 91.0 cm³/mol. The summed E-state index contributed by atoms with van der Waals surface area (Å²) in [5, 5.41) is 0. The molecular formula is C17H17F3N2O4S. The van der Waals surface area contributed by atoms with E-state index in [1.54, 1.807) is 24.3 Å². The molecule has 1 aromatic carbocycles. The first-order valence-electron chi connectivity index (χ1n) is 8.09. The number of sulfonamides is 1. The van der Waals surface area contributed by atoms with Crippen molar-refractivity contribution in [2.24, 2.45) is 0 Å². The van der Waals surface area contributed by atoms with Crippen LogP contribution in [0.5, 0.6) is 11.6 Å². The molecule has 1 aromatic heterocycles. The Morgan fingerprint density at radius 3 is 2.52 bits per heavy atom. The Balaban J connectivity index is 1.47. The van der Waals surface area contributed by atoms with Crippen LogP contribution in [0.15, 0.2) is 48.7 Å². The van der Waals surface area contributed by atoms with E-state index < -0.39 is 27.9 Å². The first-order valence-corrected chi connectivity index (χ1v) is 9.70. The molecule has 6 nitrogen and oxygen atoms in total. The van der Waals surface area contributed by atoms with Crippen LogP contribution in [0.2, 0.25) is 0 Å². The molecule has 0 atom stereocenters. The monoisotopic (exact) mass is 402 g/mol. The number of nitrogens with zero attached hydrogens (tertiary/aromatic N) is 2. The van der Waals surface area contributed by atoms with E-state index in [1.807, 2.05) is 6.07 Å². The first kappa shape index (κ1) is 19.4. The number of pyridine rings is 1. The minimum Gasteiger partial charge on any atom is -0.492 e. The number of para-hydroxylation sites is 1. The van der Waals surface area contributed by atoms with Crippen molar-refractivity contribution in [1.29, 1.82) is 0 Å². The van der Waals surface area contributed by atoms with Crippen molar-refractivity contribution in [1.82, 2.24) is 9.29 Å². The maximum Gasteiger partial charge on any atom is 0.416 e. The van der Waals surface area contributed by atoms with Crippen molar-refractivity contribution in [3.63, 3.8) is 0 Å². The fourth-order valence-corrected chi connectivity index (χ4v) is 3.77. The van der Waals surface area contributed by atoms with Crippen molar-refractivity contribution in [2.75, 3.05) is 25.4 Å². The van der Waals surface area contributed by atoms with Gasteiger partial charge in [-0.15, -0.1) is 0 Å². The predicted octanol–water partition coefficient (Wildman–Crippen LogP) is 2.57. The van der Waals surface area contributed by atoms with E-state index in [-0.39, 0.29) is 31.3 Å². The van der Waals surface area contributed by atoms with Gasteiger partial charge in [-0.25, -0.2) is 13.4 Å². The lowest BCUT2D eigenvalue weighted by atomic mass is 10.2. The average molecular weight is 402 g/mol. The van der Waals surface area contributed by atoms with Crippen LogP contribution in [0.25, 0.3) is 0 Å². The summed E-state index contributed by atoms with van der Waals surface area (Å²) in [6.45, 7) is 0.126. The smallest absolute Gasteiger partial charge is 0.416 e. The fraction of sp³-hybridized carbons (Fsp3) is 0.353. The Kier molecular flexibility index (Phi) is 5.56. The number of hydrogen-bond donors (Lipinski definition) is 0. The minimum atomic E-state index is -4.49. The second kappa shape index (κ2) is 7.73. The quantitative estimate of drug-likeness (QED) is 0.712. The molecule has 0 saturated carbocycles. The molecule has 0 N–H and O–H groups in total. The molecule has 0 aliphatic carbocycles. The van der Waals surface area contributed by atoms with Crippen molar-refractivity contribution >= 4 is 10.0 Å². The van der Waals surface area contributed by atoms with E-state index in [2.05, 4.69) is 4.98 Å². The molecule has 1 aliphatic rings. The molecule has 2 heterocycles. The fourth-order valence-electron chi connectivity index (χ4n) is 2.43. The van der Waals surface area contributed by atoms with Crippen LogP contribution >= 0.6 is 0 Å². The lowest BCUT2D eigenvalue weighted by Crippen LogP contribution is -2.57. The Labute approximate surface area is 154 Å². The SMILES string of the molecule is O=S(=O)(CCOc1ccccc1)N1CC(Oc2cc(C(F)(F)F)ccn2)C1. The third kappa shape index (κ3) is 5.10. The molecule has 1 aliphatic heterocycles. The van der Waals surface area contributed by atoms with E-state index in [1.165, 1.54) is 4.31 Å². The van der Waals surface area contributed by atoms with Crippen molar-refractivity contribution in [2.45, 2.75) is 12.3 Å². The molecule has 0 spiro atoms. The lowest BCUT2D eigenvalue weighted by Gasteiger charge is -2.37. The molecule has 27 heavy (non-hydrogen) atoms. The number of rotatable bonds is 7. The van der Waals surface area contributed by atoms with E-state index >= 15 is 0 Å². The number of halogens is 3. The molecule has 0 bridgehead atoms. The average Bonchev–Trinajstić information content (AvgIpc) is 2.58. The molecule has 2 aromatic rings. The number of alkyl halides is 3. The Morgan fingerprint density at radius 2 is 1.85 bits per heavy atom. The standard InChI is InChI=1S/C17H17F3N2O4S/c18-17(19,20)13-6-7-21-16(10-13)26-15-11-22(12-15)27(23,24)9-8-25-14-4-2-1-3-5-14/h1-7,10,15H,8-9,11-12H2. The van der Waals surface area contributed by atoms with Gasteiger partial charge in [-0.05, 0) is 18.2 Å². The van der Waals surface area contributed by atoms with E-state index in [9.17, 15) is 21.6 Å². The number of benzene rings is 1. The van der Waals surface area contributed by atoms with Crippen LogP contribution in [-0.4, -0.2) is 49.3 Å². The summed E-state index contributed by atoms with van der Waals surface area (Å²) in [6, 6.07) is 10.5. The highest BCUT2D eigenvalue weighted by atomic mass is 32.2. The Morgan fingerprint density at radius 1 is 1.15 bits per heavy atom. The van der Waals surface area contributed by atoms with Crippen molar-refractivity contribution < 1.29 is 31.1 Å². The molecule has 3 rings (SSSR count). The first-order chi connectivity index (χ1) is 12.7. The maximum absolute atomic E-state index is 12.7. The maximum atomic E-state index is 12.7. The lowest BCUT2D eigenvalue weighted by molar-refractivity contribution is -0.137. The highest BCUT2D eigenvalue weighted by molar-refractivity contribution is 7.89. The normalized spacial score (nSPS) is 16.0. The summed E-state index contributed by atoms with van der Waals surface area (Å²) in [6.07, 6.45) is -4.02. The van der Waals surface area contributed by atoms with E-state index in [0.29, 0.717) is 5.75 Å². The Bertz CT molecular complexity index is 869. The van der Waals surface area contributed by atoms with Gasteiger partial charge in [0.15, 0.2) is 0 Å². The van der Waals surface area contributed by atoms with Gasteiger partial charge in [-0.2, -0.15) is 17.5 Å². The topological polar surface area (TPSA) is 68.7 Å². The second-order valence-corrected chi connectivity index (χ2v) is 8.00. The van der Waals surface area contributed by atoms with Gasteiger partial charge in [0.25, 0.3) is 0 Å². The van der Waals surface area contributed by atoms with Crippen molar-refractivity contribution in [3.05, 3.63) is 54.2 Å². The zero-order valence-electron chi connectivity index (χ0n) is 14.1. The summed E-state index contributed by atoms with van der Waals surface area (Å²) in [5.74, 6) is 0.198. The molecule has 1 fully saturated rings. The molecule has 1 saturated heterocycles. The number of hydrogen-bond acceptors (Lipinski definition) is 5. The van der Waals surface area contributed by atoms with Crippen LogP contribution in [0.1, 0.15) is 5.56 Å². The molecule has 0 unspecified atom stereocenters. The highest BCUT2D eigenvalue weighted by Gasteiger charge is 2.38. The van der Waals surface area contributed by atoms with E-state index in [4.69, 9.17) is 9.47 Å². The van der Waals surface area contributed by atoms with Gasteiger partial charge >= 0.3 is 6.18 Å². The third-order valence-electron chi connectivity index (χ3n) is 3.91. The van der Waals surface area contributed by atoms with Crippen LogP contribution in [0.3, 0.4) is 0 Å². The molecule has 0 amide bonds. The van der Waals surface area contributed by atoms with Gasteiger partial charge in [0.2, 0.25) is 15.9 Å². The minimum absolute atomic E-state index is 0.00353. The number of aromatic nitrogens is 1. The zero-order valence-corrected chi connectivity index (χ0v) is 14.9. The summed E-state index contributed by atoms with van der Waals surface area (Å²) >= 11 is 0. The summed E-state index contributed by atoms with van der Waals surface area (Å²) in [7, 11) is -3.52. The number of ether oxygens (including phenoxy) is 2. The highest BCUT2D eigenvalue weighted by Crippen LogP contribution is 2.31. The van der Waals surface area contributed by atoms with Gasteiger partial charge in [-0.1, -0.05) is 18.2 Å². The summed E-state index contributed by atoms with van der Waals surface area (Å²) < 4.78 is 74.4.